The van der Waals surface area contributed by atoms with Gasteiger partial charge in [0.15, 0.2) is 0 Å². The summed E-state index contributed by atoms with van der Waals surface area (Å²) in [7, 11) is 0. The molecule has 1 atom stereocenters. The van der Waals surface area contributed by atoms with E-state index in [0.29, 0.717) is 5.56 Å². The maximum Gasteiger partial charge on any atom is 0.309 e. The standard InChI is InChI=1S/C14H20O3/c1-13(2,3)17-12(15)10-14(4,16)11-8-6-5-7-9-11/h5-9,16H,10H2,1-4H3. The average Bonchev–Trinajstić information content (AvgIpc) is 2.15. The topological polar surface area (TPSA) is 46.5 Å². The van der Waals surface area contributed by atoms with Crippen molar-refractivity contribution in [3.8, 4) is 0 Å². The normalized spacial score (nSPS) is 15.1. The number of benzene rings is 1. The minimum absolute atomic E-state index is 0.0473. The molecule has 0 radical (unpaired) electrons. The molecule has 1 N–H and O–H groups in total. The van der Waals surface area contributed by atoms with E-state index in [1.807, 2.05) is 39.0 Å². The van der Waals surface area contributed by atoms with E-state index in [2.05, 4.69) is 0 Å². The first-order chi connectivity index (χ1) is 7.71. The molecule has 0 aliphatic carbocycles. The first kappa shape index (κ1) is 13.7. The van der Waals surface area contributed by atoms with Gasteiger partial charge in [0.25, 0.3) is 0 Å². The van der Waals surface area contributed by atoms with Crippen LogP contribution in [0.5, 0.6) is 0 Å². The quantitative estimate of drug-likeness (QED) is 0.821. The van der Waals surface area contributed by atoms with Crippen molar-refractivity contribution in [3.05, 3.63) is 35.9 Å². The Bertz CT molecular complexity index is 374. The van der Waals surface area contributed by atoms with Gasteiger partial charge in [-0.25, -0.2) is 0 Å². The minimum atomic E-state index is -1.19. The molecule has 1 aromatic carbocycles. The number of ether oxygens (including phenoxy) is 1. The zero-order chi connectivity index (χ0) is 13.1. The summed E-state index contributed by atoms with van der Waals surface area (Å²) in [6.07, 6.45) is -0.0473. The van der Waals surface area contributed by atoms with Crippen LogP contribution in [-0.2, 0) is 15.1 Å². The molecular formula is C14H20O3. The fourth-order valence-electron chi connectivity index (χ4n) is 1.56. The van der Waals surface area contributed by atoms with Crippen LogP contribution in [0.25, 0.3) is 0 Å². The fourth-order valence-corrected chi connectivity index (χ4v) is 1.56. The second-order valence-electron chi connectivity index (χ2n) is 5.40. The molecule has 0 bridgehead atoms. The molecule has 0 fully saturated rings. The molecule has 0 heterocycles. The van der Waals surface area contributed by atoms with Crippen molar-refractivity contribution >= 4 is 5.97 Å². The summed E-state index contributed by atoms with van der Waals surface area (Å²) >= 11 is 0. The Morgan fingerprint density at radius 1 is 1.18 bits per heavy atom. The predicted molar refractivity (Wildman–Crippen MR) is 66.5 cm³/mol. The molecule has 0 aliphatic rings. The van der Waals surface area contributed by atoms with Crippen LogP contribution in [0, 0.1) is 0 Å². The van der Waals surface area contributed by atoms with Crippen molar-refractivity contribution < 1.29 is 14.6 Å². The summed E-state index contributed by atoms with van der Waals surface area (Å²) in [5.74, 6) is -0.397. The van der Waals surface area contributed by atoms with Crippen LogP contribution in [0.4, 0.5) is 0 Å². The molecule has 0 aliphatic heterocycles. The maximum atomic E-state index is 11.7. The second kappa shape index (κ2) is 4.88. The van der Waals surface area contributed by atoms with Crippen LogP contribution in [-0.4, -0.2) is 16.7 Å². The van der Waals surface area contributed by atoms with E-state index in [9.17, 15) is 9.90 Å². The van der Waals surface area contributed by atoms with Crippen molar-refractivity contribution in [2.45, 2.75) is 45.3 Å². The largest absolute Gasteiger partial charge is 0.460 e. The van der Waals surface area contributed by atoms with Gasteiger partial charge in [-0.3, -0.25) is 4.79 Å². The number of carbonyl (C=O) groups excluding carboxylic acids is 1. The monoisotopic (exact) mass is 236 g/mol. The van der Waals surface area contributed by atoms with Gasteiger partial charge in [-0.15, -0.1) is 0 Å². The molecule has 94 valence electrons. The summed E-state index contributed by atoms with van der Waals surface area (Å²) in [5, 5.41) is 10.3. The molecule has 0 saturated carbocycles. The zero-order valence-electron chi connectivity index (χ0n) is 10.9. The van der Waals surface area contributed by atoms with Gasteiger partial charge in [0, 0.05) is 0 Å². The molecule has 0 aromatic heterocycles. The van der Waals surface area contributed by atoms with E-state index in [1.165, 1.54) is 0 Å². The molecule has 1 aromatic rings. The molecule has 1 unspecified atom stereocenters. The van der Waals surface area contributed by atoms with Crippen LogP contribution < -0.4 is 0 Å². The summed E-state index contributed by atoms with van der Waals surface area (Å²) in [5.41, 5.74) is -1.00. The zero-order valence-corrected chi connectivity index (χ0v) is 10.9. The molecule has 0 spiro atoms. The van der Waals surface area contributed by atoms with Crippen LogP contribution in [0.1, 0.15) is 39.7 Å². The van der Waals surface area contributed by atoms with Crippen LogP contribution in [0.2, 0.25) is 0 Å². The highest BCUT2D eigenvalue weighted by atomic mass is 16.6. The SMILES string of the molecule is CC(C)(C)OC(=O)CC(C)(O)c1ccccc1. The van der Waals surface area contributed by atoms with Gasteiger partial charge in [0.2, 0.25) is 0 Å². The Morgan fingerprint density at radius 2 is 1.71 bits per heavy atom. The number of esters is 1. The highest BCUT2D eigenvalue weighted by Gasteiger charge is 2.29. The number of carbonyl (C=O) groups is 1. The van der Waals surface area contributed by atoms with Crippen LogP contribution in [0.3, 0.4) is 0 Å². The molecule has 3 heteroatoms. The number of rotatable bonds is 3. The van der Waals surface area contributed by atoms with E-state index in [0.717, 1.165) is 0 Å². The van der Waals surface area contributed by atoms with Gasteiger partial charge >= 0.3 is 5.97 Å². The Balaban J connectivity index is 2.71. The van der Waals surface area contributed by atoms with E-state index in [1.54, 1.807) is 19.1 Å². The third-order valence-corrected chi connectivity index (χ3v) is 2.30. The van der Waals surface area contributed by atoms with Crippen molar-refractivity contribution in [2.75, 3.05) is 0 Å². The molecule has 0 saturated heterocycles. The Labute approximate surface area is 102 Å². The lowest BCUT2D eigenvalue weighted by Gasteiger charge is -2.26. The highest BCUT2D eigenvalue weighted by Crippen LogP contribution is 2.25. The minimum Gasteiger partial charge on any atom is -0.460 e. The maximum absolute atomic E-state index is 11.7. The molecule has 3 nitrogen and oxygen atoms in total. The van der Waals surface area contributed by atoms with Gasteiger partial charge < -0.3 is 9.84 Å². The van der Waals surface area contributed by atoms with Gasteiger partial charge in [0.05, 0.1) is 12.0 Å². The van der Waals surface area contributed by atoms with Crippen molar-refractivity contribution in [1.82, 2.24) is 0 Å². The van der Waals surface area contributed by atoms with E-state index >= 15 is 0 Å². The van der Waals surface area contributed by atoms with Gasteiger partial charge in [0.1, 0.15) is 5.60 Å². The van der Waals surface area contributed by atoms with Crippen molar-refractivity contribution in [3.63, 3.8) is 0 Å². The molecule has 0 amide bonds. The molecule has 17 heavy (non-hydrogen) atoms. The summed E-state index contributed by atoms with van der Waals surface area (Å²) in [4.78, 5) is 11.7. The van der Waals surface area contributed by atoms with Crippen LogP contribution in [0.15, 0.2) is 30.3 Å². The number of hydrogen-bond donors (Lipinski definition) is 1. The highest BCUT2D eigenvalue weighted by molar-refractivity contribution is 5.71. The van der Waals surface area contributed by atoms with Crippen molar-refractivity contribution in [1.29, 1.82) is 0 Å². The number of hydrogen-bond acceptors (Lipinski definition) is 3. The lowest BCUT2D eigenvalue weighted by Crippen LogP contribution is -2.31. The van der Waals surface area contributed by atoms with Crippen molar-refractivity contribution in [2.24, 2.45) is 0 Å². The van der Waals surface area contributed by atoms with Gasteiger partial charge in [-0.05, 0) is 33.3 Å². The third-order valence-electron chi connectivity index (χ3n) is 2.30. The molecule has 1 rings (SSSR count). The predicted octanol–water partition coefficient (Wildman–Crippen LogP) is 2.63. The Morgan fingerprint density at radius 3 is 2.18 bits per heavy atom. The van der Waals surface area contributed by atoms with E-state index in [4.69, 9.17) is 4.74 Å². The average molecular weight is 236 g/mol. The second-order valence-corrected chi connectivity index (χ2v) is 5.40. The fraction of sp³-hybridized carbons (Fsp3) is 0.500. The van der Waals surface area contributed by atoms with Gasteiger partial charge in [-0.2, -0.15) is 0 Å². The summed E-state index contributed by atoms with van der Waals surface area (Å²) in [6.45, 7) is 7.04. The third kappa shape index (κ3) is 4.57. The number of aliphatic hydroxyl groups is 1. The van der Waals surface area contributed by atoms with E-state index < -0.39 is 17.2 Å². The van der Waals surface area contributed by atoms with E-state index in [-0.39, 0.29) is 6.42 Å². The first-order valence-electron chi connectivity index (χ1n) is 5.70. The Hall–Kier alpha value is -1.35. The lowest BCUT2D eigenvalue weighted by molar-refractivity contribution is -0.160. The van der Waals surface area contributed by atoms with Crippen LogP contribution >= 0.6 is 0 Å². The summed E-state index contributed by atoms with van der Waals surface area (Å²) in [6, 6.07) is 9.12. The summed E-state index contributed by atoms with van der Waals surface area (Å²) < 4.78 is 5.20. The first-order valence-corrected chi connectivity index (χ1v) is 5.70. The molecular weight excluding hydrogens is 216 g/mol. The Kier molecular flexibility index (Phi) is 3.94. The lowest BCUT2D eigenvalue weighted by atomic mass is 9.92. The smallest absolute Gasteiger partial charge is 0.309 e. The van der Waals surface area contributed by atoms with Gasteiger partial charge in [-0.1, -0.05) is 30.3 Å².